The summed E-state index contributed by atoms with van der Waals surface area (Å²) in [7, 11) is 0. The summed E-state index contributed by atoms with van der Waals surface area (Å²) in [5, 5.41) is 11.5. The molecule has 0 fully saturated rings. The molecule has 1 aromatic rings. The van der Waals surface area contributed by atoms with Gasteiger partial charge in [0.05, 0.1) is 6.61 Å². The van der Waals surface area contributed by atoms with E-state index >= 15 is 0 Å². The Kier molecular flexibility index (Phi) is 5.51. The molecular formula is C15H24N2O2. The SMILES string of the molecule is Cc1cc(C)c(C)c(CCNC(=O)C(N)CO)c1C. The normalized spacial score (nSPS) is 12.3. The van der Waals surface area contributed by atoms with Gasteiger partial charge in [0.2, 0.25) is 5.91 Å². The minimum absolute atomic E-state index is 0.304. The van der Waals surface area contributed by atoms with Crippen molar-refractivity contribution in [1.29, 1.82) is 0 Å². The molecule has 4 nitrogen and oxygen atoms in total. The zero-order valence-corrected chi connectivity index (χ0v) is 12.2. The van der Waals surface area contributed by atoms with Crippen LogP contribution in [0.25, 0.3) is 0 Å². The predicted octanol–water partition coefficient (Wildman–Crippen LogP) is 0.899. The number of aliphatic hydroxyl groups excluding tert-OH is 1. The van der Waals surface area contributed by atoms with Gasteiger partial charge >= 0.3 is 0 Å². The monoisotopic (exact) mass is 264 g/mol. The van der Waals surface area contributed by atoms with Crippen molar-refractivity contribution >= 4 is 5.91 Å². The maximum atomic E-state index is 11.5. The fourth-order valence-corrected chi connectivity index (χ4v) is 2.20. The molecule has 0 saturated heterocycles. The van der Waals surface area contributed by atoms with Crippen LogP contribution in [0, 0.1) is 27.7 Å². The minimum atomic E-state index is -0.832. The highest BCUT2D eigenvalue weighted by atomic mass is 16.3. The first-order chi connectivity index (χ1) is 8.88. The number of aryl methyl sites for hydroxylation is 2. The predicted molar refractivity (Wildman–Crippen MR) is 77.2 cm³/mol. The Balaban J connectivity index is 2.71. The number of carbonyl (C=O) groups is 1. The fourth-order valence-electron chi connectivity index (χ4n) is 2.20. The van der Waals surface area contributed by atoms with Crippen molar-refractivity contribution in [3.05, 3.63) is 33.9 Å². The maximum absolute atomic E-state index is 11.5. The van der Waals surface area contributed by atoms with Crippen LogP contribution in [0.15, 0.2) is 6.07 Å². The Labute approximate surface area is 115 Å². The summed E-state index contributed by atoms with van der Waals surface area (Å²) in [4.78, 5) is 11.5. The highest BCUT2D eigenvalue weighted by molar-refractivity contribution is 5.81. The van der Waals surface area contributed by atoms with Gasteiger partial charge in [0.15, 0.2) is 0 Å². The number of benzene rings is 1. The molecule has 1 atom stereocenters. The number of carbonyl (C=O) groups excluding carboxylic acids is 1. The Morgan fingerprint density at radius 3 is 2.26 bits per heavy atom. The molecule has 0 spiro atoms. The Hall–Kier alpha value is -1.39. The van der Waals surface area contributed by atoms with E-state index in [9.17, 15) is 4.79 Å². The van der Waals surface area contributed by atoms with E-state index in [2.05, 4.69) is 39.1 Å². The van der Waals surface area contributed by atoms with E-state index in [0.717, 1.165) is 6.42 Å². The third kappa shape index (κ3) is 3.78. The Morgan fingerprint density at radius 2 is 1.79 bits per heavy atom. The highest BCUT2D eigenvalue weighted by Gasteiger charge is 2.12. The molecule has 0 saturated carbocycles. The third-order valence-electron chi connectivity index (χ3n) is 3.73. The number of hydrogen-bond acceptors (Lipinski definition) is 3. The molecule has 4 N–H and O–H groups in total. The van der Waals surface area contributed by atoms with E-state index in [-0.39, 0.29) is 12.5 Å². The lowest BCUT2D eigenvalue weighted by Gasteiger charge is -2.16. The number of aliphatic hydroxyl groups is 1. The molecule has 0 bridgehead atoms. The van der Waals surface area contributed by atoms with Crippen molar-refractivity contribution in [2.24, 2.45) is 5.73 Å². The second kappa shape index (κ2) is 6.68. The van der Waals surface area contributed by atoms with Crippen LogP contribution < -0.4 is 11.1 Å². The van der Waals surface area contributed by atoms with Crippen LogP contribution in [0.2, 0.25) is 0 Å². The molecule has 1 amide bonds. The van der Waals surface area contributed by atoms with E-state index in [1.165, 1.54) is 27.8 Å². The number of nitrogens with one attached hydrogen (secondary N) is 1. The lowest BCUT2D eigenvalue weighted by molar-refractivity contribution is -0.123. The molecule has 0 aliphatic rings. The smallest absolute Gasteiger partial charge is 0.239 e. The first kappa shape index (κ1) is 15.7. The van der Waals surface area contributed by atoms with Crippen molar-refractivity contribution in [2.75, 3.05) is 13.2 Å². The lowest BCUT2D eigenvalue weighted by atomic mass is 9.92. The minimum Gasteiger partial charge on any atom is -0.394 e. The van der Waals surface area contributed by atoms with Crippen molar-refractivity contribution in [1.82, 2.24) is 5.32 Å². The Bertz CT molecular complexity index is 443. The van der Waals surface area contributed by atoms with Crippen molar-refractivity contribution in [3.63, 3.8) is 0 Å². The van der Waals surface area contributed by atoms with Crippen LogP contribution in [0.1, 0.15) is 27.8 Å². The van der Waals surface area contributed by atoms with Crippen molar-refractivity contribution in [2.45, 2.75) is 40.2 Å². The Morgan fingerprint density at radius 1 is 1.26 bits per heavy atom. The van der Waals surface area contributed by atoms with Gasteiger partial charge < -0.3 is 16.2 Å². The number of nitrogens with two attached hydrogens (primary N) is 1. The highest BCUT2D eigenvalue weighted by Crippen LogP contribution is 2.21. The summed E-state index contributed by atoms with van der Waals surface area (Å²) in [5.74, 6) is -0.304. The molecule has 1 rings (SSSR count). The fraction of sp³-hybridized carbons (Fsp3) is 0.533. The lowest BCUT2D eigenvalue weighted by Crippen LogP contribution is -2.43. The summed E-state index contributed by atoms with van der Waals surface area (Å²) in [6, 6.07) is 1.36. The summed E-state index contributed by atoms with van der Waals surface area (Å²) in [6.45, 7) is 8.64. The molecule has 0 aromatic heterocycles. The molecule has 19 heavy (non-hydrogen) atoms. The van der Waals surface area contributed by atoms with Crippen LogP contribution >= 0.6 is 0 Å². The summed E-state index contributed by atoms with van der Waals surface area (Å²) in [6.07, 6.45) is 0.782. The van der Waals surface area contributed by atoms with Gasteiger partial charge in [0, 0.05) is 6.54 Å². The molecule has 1 unspecified atom stereocenters. The van der Waals surface area contributed by atoms with Gasteiger partial charge in [-0.3, -0.25) is 4.79 Å². The van der Waals surface area contributed by atoms with E-state index in [1.807, 2.05) is 0 Å². The van der Waals surface area contributed by atoms with E-state index in [1.54, 1.807) is 0 Å². The van der Waals surface area contributed by atoms with Crippen LogP contribution in [-0.4, -0.2) is 30.2 Å². The van der Waals surface area contributed by atoms with Crippen LogP contribution in [0.5, 0.6) is 0 Å². The first-order valence-corrected chi connectivity index (χ1v) is 6.59. The maximum Gasteiger partial charge on any atom is 0.239 e. The summed E-state index contributed by atoms with van der Waals surface area (Å²) < 4.78 is 0. The van der Waals surface area contributed by atoms with Crippen LogP contribution in [0.3, 0.4) is 0 Å². The zero-order valence-electron chi connectivity index (χ0n) is 12.2. The molecular weight excluding hydrogens is 240 g/mol. The van der Waals surface area contributed by atoms with Crippen LogP contribution in [0.4, 0.5) is 0 Å². The van der Waals surface area contributed by atoms with Crippen molar-refractivity contribution in [3.8, 4) is 0 Å². The second-order valence-electron chi connectivity index (χ2n) is 5.07. The van der Waals surface area contributed by atoms with Gasteiger partial charge in [0.25, 0.3) is 0 Å². The summed E-state index contributed by atoms with van der Waals surface area (Å²) >= 11 is 0. The second-order valence-corrected chi connectivity index (χ2v) is 5.07. The van der Waals surface area contributed by atoms with Gasteiger partial charge in [-0.1, -0.05) is 6.07 Å². The van der Waals surface area contributed by atoms with Crippen LogP contribution in [-0.2, 0) is 11.2 Å². The molecule has 0 radical (unpaired) electrons. The van der Waals surface area contributed by atoms with Gasteiger partial charge in [-0.25, -0.2) is 0 Å². The third-order valence-corrected chi connectivity index (χ3v) is 3.73. The molecule has 1 aromatic carbocycles. The molecule has 106 valence electrons. The number of amides is 1. The average Bonchev–Trinajstić information content (AvgIpc) is 2.39. The standard InChI is InChI=1S/C15H24N2O2/c1-9-7-10(2)12(4)13(11(9)3)5-6-17-15(19)14(16)8-18/h7,14,18H,5-6,8,16H2,1-4H3,(H,17,19). The number of rotatable bonds is 5. The topological polar surface area (TPSA) is 75.4 Å². The van der Waals surface area contributed by atoms with Gasteiger partial charge in [-0.2, -0.15) is 0 Å². The quantitative estimate of drug-likeness (QED) is 0.739. The molecule has 4 heteroatoms. The average molecular weight is 264 g/mol. The van der Waals surface area contributed by atoms with Gasteiger partial charge in [0.1, 0.15) is 6.04 Å². The summed E-state index contributed by atoms with van der Waals surface area (Å²) in [5.41, 5.74) is 11.8. The first-order valence-electron chi connectivity index (χ1n) is 6.59. The van der Waals surface area contributed by atoms with E-state index in [0.29, 0.717) is 6.54 Å². The van der Waals surface area contributed by atoms with Gasteiger partial charge in [-0.05, 0) is 61.9 Å². The molecule has 0 aliphatic heterocycles. The zero-order chi connectivity index (χ0) is 14.6. The van der Waals surface area contributed by atoms with E-state index < -0.39 is 6.04 Å². The van der Waals surface area contributed by atoms with Gasteiger partial charge in [-0.15, -0.1) is 0 Å². The van der Waals surface area contributed by atoms with Crippen molar-refractivity contribution < 1.29 is 9.90 Å². The molecule has 0 heterocycles. The number of hydrogen-bond donors (Lipinski definition) is 3. The molecule has 0 aliphatic carbocycles. The largest absolute Gasteiger partial charge is 0.394 e. The van der Waals surface area contributed by atoms with E-state index in [4.69, 9.17) is 10.8 Å².